The summed E-state index contributed by atoms with van der Waals surface area (Å²) in [7, 11) is 3.15. The highest BCUT2D eigenvalue weighted by molar-refractivity contribution is 7.80. The number of nitrogens with zero attached hydrogens (tertiary/aromatic N) is 1. The molecule has 0 aliphatic rings. The summed E-state index contributed by atoms with van der Waals surface area (Å²) in [5.74, 6) is 0.451. The van der Waals surface area contributed by atoms with Crippen LogP contribution in [-0.2, 0) is 4.74 Å². The Morgan fingerprint density at radius 1 is 1.33 bits per heavy atom. The van der Waals surface area contributed by atoms with E-state index in [0.717, 1.165) is 5.56 Å². The first kappa shape index (κ1) is 17.4. The number of benzene rings is 1. The number of nitrogens with two attached hydrogens (primary N) is 1. The molecule has 1 amide bonds. The second-order valence-electron chi connectivity index (χ2n) is 4.71. The van der Waals surface area contributed by atoms with Crippen LogP contribution in [0.4, 0.5) is 0 Å². The van der Waals surface area contributed by atoms with Crippen molar-refractivity contribution in [3.8, 4) is 5.75 Å². The second-order valence-corrected chi connectivity index (χ2v) is 5.23. The highest BCUT2D eigenvalue weighted by atomic mass is 32.1. The highest BCUT2D eigenvalue weighted by Crippen LogP contribution is 2.21. The summed E-state index contributed by atoms with van der Waals surface area (Å²) in [4.78, 5) is 14.8. The van der Waals surface area contributed by atoms with Gasteiger partial charge in [0.15, 0.2) is 0 Å². The van der Waals surface area contributed by atoms with E-state index in [-0.39, 0.29) is 5.91 Å². The molecule has 2 N–H and O–H groups in total. The first-order valence-electron chi connectivity index (χ1n) is 6.70. The largest absolute Gasteiger partial charge is 0.496 e. The van der Waals surface area contributed by atoms with E-state index in [1.807, 2.05) is 19.1 Å². The number of thiocarbonyl (C=S) groups is 1. The van der Waals surface area contributed by atoms with Crippen LogP contribution in [0.25, 0.3) is 0 Å². The van der Waals surface area contributed by atoms with Crippen molar-refractivity contribution in [1.29, 1.82) is 0 Å². The van der Waals surface area contributed by atoms with E-state index in [4.69, 9.17) is 27.4 Å². The van der Waals surface area contributed by atoms with E-state index in [2.05, 4.69) is 0 Å². The van der Waals surface area contributed by atoms with Crippen LogP contribution in [-0.4, -0.2) is 49.7 Å². The molecule has 0 aliphatic heterocycles. The van der Waals surface area contributed by atoms with Crippen LogP contribution in [0.2, 0.25) is 0 Å². The van der Waals surface area contributed by atoms with Crippen molar-refractivity contribution >= 4 is 23.1 Å². The SMILES string of the molecule is COCCN(CCC(N)=S)C(=O)c1cc(C)ccc1OC. The molecule has 0 spiro atoms. The summed E-state index contributed by atoms with van der Waals surface area (Å²) in [5.41, 5.74) is 7.06. The fourth-order valence-corrected chi connectivity index (χ4v) is 2.01. The van der Waals surface area contributed by atoms with Crippen molar-refractivity contribution in [3.05, 3.63) is 29.3 Å². The Morgan fingerprint density at radius 2 is 2.05 bits per heavy atom. The first-order valence-corrected chi connectivity index (χ1v) is 7.11. The summed E-state index contributed by atoms with van der Waals surface area (Å²) in [6.45, 7) is 3.34. The minimum absolute atomic E-state index is 0.108. The zero-order valence-electron chi connectivity index (χ0n) is 12.7. The minimum atomic E-state index is -0.108. The number of carbonyl (C=O) groups excluding carboxylic acids is 1. The van der Waals surface area contributed by atoms with Crippen molar-refractivity contribution in [1.82, 2.24) is 4.90 Å². The average Bonchev–Trinajstić information content (AvgIpc) is 2.46. The molecular formula is C15H22N2O3S. The Balaban J connectivity index is 2.97. The van der Waals surface area contributed by atoms with Gasteiger partial charge in [-0.15, -0.1) is 0 Å². The van der Waals surface area contributed by atoms with E-state index in [9.17, 15) is 4.79 Å². The number of amides is 1. The number of methoxy groups -OCH3 is 2. The average molecular weight is 310 g/mol. The Bertz CT molecular complexity index is 506. The van der Waals surface area contributed by atoms with Crippen LogP contribution in [0.1, 0.15) is 22.3 Å². The number of rotatable bonds is 8. The molecule has 0 fully saturated rings. The maximum absolute atomic E-state index is 12.7. The predicted octanol–water partition coefficient (Wildman–Crippen LogP) is 1.77. The van der Waals surface area contributed by atoms with Crippen molar-refractivity contribution < 1.29 is 14.3 Å². The fourth-order valence-electron chi connectivity index (χ4n) is 1.92. The number of hydrogen-bond acceptors (Lipinski definition) is 4. The maximum Gasteiger partial charge on any atom is 0.257 e. The van der Waals surface area contributed by atoms with Gasteiger partial charge in [0.05, 0.1) is 24.3 Å². The molecule has 0 saturated heterocycles. The molecule has 5 nitrogen and oxygen atoms in total. The molecule has 0 aliphatic carbocycles. The molecular weight excluding hydrogens is 288 g/mol. The highest BCUT2D eigenvalue weighted by Gasteiger charge is 2.19. The third-order valence-corrected chi connectivity index (χ3v) is 3.27. The Kier molecular flexibility index (Phi) is 7.11. The van der Waals surface area contributed by atoms with Gasteiger partial charge in [-0.05, 0) is 19.1 Å². The first-order chi connectivity index (χ1) is 9.99. The number of hydrogen-bond donors (Lipinski definition) is 1. The summed E-state index contributed by atoms with van der Waals surface area (Å²) < 4.78 is 10.3. The van der Waals surface area contributed by atoms with Crippen LogP contribution in [0.15, 0.2) is 18.2 Å². The number of carbonyl (C=O) groups is 1. The van der Waals surface area contributed by atoms with E-state index in [0.29, 0.717) is 42.4 Å². The number of aryl methyl sites for hydroxylation is 1. The molecule has 0 aromatic heterocycles. The molecule has 0 unspecified atom stereocenters. The molecule has 21 heavy (non-hydrogen) atoms. The zero-order chi connectivity index (χ0) is 15.8. The monoisotopic (exact) mass is 310 g/mol. The quantitative estimate of drug-likeness (QED) is 0.741. The van der Waals surface area contributed by atoms with Crippen LogP contribution in [0, 0.1) is 6.92 Å². The standard InChI is InChI=1S/C15H22N2O3S/c1-11-4-5-13(20-3)12(10-11)15(18)17(8-9-19-2)7-6-14(16)21/h4-5,10H,6-9H2,1-3H3,(H2,16,21). The van der Waals surface area contributed by atoms with Gasteiger partial charge in [0.25, 0.3) is 5.91 Å². The second kappa shape index (κ2) is 8.59. The van der Waals surface area contributed by atoms with Gasteiger partial charge in [-0.3, -0.25) is 4.79 Å². The molecule has 0 radical (unpaired) electrons. The molecule has 0 saturated carbocycles. The maximum atomic E-state index is 12.7. The van der Waals surface area contributed by atoms with Crippen molar-refractivity contribution in [3.63, 3.8) is 0 Å². The third kappa shape index (κ3) is 5.32. The summed E-state index contributed by atoms with van der Waals surface area (Å²) in [5, 5.41) is 0. The predicted molar refractivity (Wildman–Crippen MR) is 86.9 cm³/mol. The van der Waals surface area contributed by atoms with E-state index in [1.165, 1.54) is 0 Å². The van der Waals surface area contributed by atoms with Gasteiger partial charge in [-0.2, -0.15) is 0 Å². The van der Waals surface area contributed by atoms with Gasteiger partial charge in [-0.1, -0.05) is 23.8 Å². The normalized spacial score (nSPS) is 10.2. The lowest BCUT2D eigenvalue weighted by molar-refractivity contribution is 0.0698. The number of ether oxygens (including phenoxy) is 2. The molecule has 0 heterocycles. The molecule has 1 rings (SSSR count). The van der Waals surface area contributed by atoms with Gasteiger partial charge in [0.1, 0.15) is 5.75 Å². The van der Waals surface area contributed by atoms with E-state index in [1.54, 1.807) is 25.2 Å². The lowest BCUT2D eigenvalue weighted by atomic mass is 10.1. The zero-order valence-corrected chi connectivity index (χ0v) is 13.5. The van der Waals surface area contributed by atoms with Crippen LogP contribution in [0.3, 0.4) is 0 Å². The minimum Gasteiger partial charge on any atom is -0.496 e. The van der Waals surface area contributed by atoms with E-state index >= 15 is 0 Å². The van der Waals surface area contributed by atoms with Crippen molar-refractivity contribution in [2.24, 2.45) is 5.73 Å². The van der Waals surface area contributed by atoms with Crippen molar-refractivity contribution in [2.75, 3.05) is 33.9 Å². The summed E-state index contributed by atoms with van der Waals surface area (Å²) in [6, 6.07) is 5.52. The Hall–Kier alpha value is -1.66. The third-order valence-electron chi connectivity index (χ3n) is 3.07. The van der Waals surface area contributed by atoms with Crippen molar-refractivity contribution in [2.45, 2.75) is 13.3 Å². The Morgan fingerprint density at radius 3 is 2.62 bits per heavy atom. The van der Waals surface area contributed by atoms with Crippen LogP contribution < -0.4 is 10.5 Å². The van der Waals surface area contributed by atoms with Gasteiger partial charge in [0.2, 0.25) is 0 Å². The van der Waals surface area contributed by atoms with Gasteiger partial charge >= 0.3 is 0 Å². The topological polar surface area (TPSA) is 64.8 Å². The lowest BCUT2D eigenvalue weighted by Gasteiger charge is -2.23. The Labute approximate surface area is 131 Å². The molecule has 1 aromatic rings. The van der Waals surface area contributed by atoms with Gasteiger partial charge in [-0.25, -0.2) is 0 Å². The summed E-state index contributed by atoms with van der Waals surface area (Å²) in [6.07, 6.45) is 0.485. The molecule has 1 aromatic carbocycles. The summed E-state index contributed by atoms with van der Waals surface area (Å²) >= 11 is 4.88. The molecule has 116 valence electrons. The molecule has 6 heteroatoms. The smallest absolute Gasteiger partial charge is 0.257 e. The van der Waals surface area contributed by atoms with E-state index < -0.39 is 0 Å². The molecule has 0 atom stereocenters. The van der Waals surface area contributed by atoms with Crippen LogP contribution >= 0.6 is 12.2 Å². The fraction of sp³-hybridized carbons (Fsp3) is 0.467. The molecule has 0 bridgehead atoms. The van der Waals surface area contributed by atoms with Gasteiger partial charge < -0.3 is 20.1 Å². The van der Waals surface area contributed by atoms with Crippen LogP contribution in [0.5, 0.6) is 5.75 Å². The van der Waals surface area contributed by atoms with Gasteiger partial charge in [0, 0.05) is 26.6 Å². The lowest BCUT2D eigenvalue weighted by Crippen LogP contribution is -2.36.